The molecule has 0 amide bonds. The first kappa shape index (κ1) is 12.4. The summed E-state index contributed by atoms with van der Waals surface area (Å²) in [5, 5.41) is 3.11. The van der Waals surface area contributed by atoms with Gasteiger partial charge in [0, 0.05) is 24.0 Å². The van der Waals surface area contributed by atoms with Crippen molar-refractivity contribution in [1.29, 1.82) is 0 Å². The molecule has 0 saturated carbocycles. The Bertz CT molecular complexity index is 319. The Morgan fingerprint density at radius 1 is 1.20 bits per heavy atom. The summed E-state index contributed by atoms with van der Waals surface area (Å²) in [4.78, 5) is 0. The van der Waals surface area contributed by atoms with Crippen molar-refractivity contribution in [2.75, 3.05) is 5.88 Å². The van der Waals surface area contributed by atoms with E-state index in [0.29, 0.717) is 18.0 Å². The van der Waals surface area contributed by atoms with Gasteiger partial charge >= 0.3 is 0 Å². The fraction of sp³-hybridized carbons (Fsp3) is 0.455. The third-order valence-corrected chi connectivity index (χ3v) is 2.70. The van der Waals surface area contributed by atoms with Crippen LogP contribution in [0.25, 0.3) is 0 Å². The van der Waals surface area contributed by atoms with Crippen LogP contribution in [-0.2, 0) is 6.54 Å². The predicted molar refractivity (Wildman–Crippen MR) is 58.0 cm³/mol. The maximum atomic E-state index is 12.8. The van der Waals surface area contributed by atoms with Gasteiger partial charge in [-0.1, -0.05) is 0 Å². The summed E-state index contributed by atoms with van der Waals surface area (Å²) >= 11 is 5.71. The molecular formula is C11H14ClF2N. The molecule has 1 aromatic carbocycles. The van der Waals surface area contributed by atoms with Gasteiger partial charge in [-0.25, -0.2) is 8.78 Å². The van der Waals surface area contributed by atoms with Gasteiger partial charge in [-0.2, -0.15) is 0 Å². The highest BCUT2D eigenvalue weighted by Gasteiger charge is 2.15. The van der Waals surface area contributed by atoms with Crippen molar-refractivity contribution in [2.24, 2.45) is 0 Å². The molecule has 0 aromatic heterocycles. The summed E-state index contributed by atoms with van der Waals surface area (Å²) in [5.74, 6) is -0.684. The molecule has 0 aliphatic rings. The zero-order valence-corrected chi connectivity index (χ0v) is 9.54. The molecule has 4 heteroatoms. The van der Waals surface area contributed by atoms with Crippen molar-refractivity contribution in [3.63, 3.8) is 0 Å². The lowest BCUT2D eigenvalue weighted by Crippen LogP contribution is -2.40. The number of rotatable bonds is 4. The second-order valence-corrected chi connectivity index (χ2v) is 4.42. The normalized spacial score (nSPS) is 11.8. The lowest BCUT2D eigenvalue weighted by Gasteiger charge is -2.23. The van der Waals surface area contributed by atoms with Crippen molar-refractivity contribution in [3.8, 4) is 0 Å². The molecule has 1 nitrogen and oxygen atoms in total. The van der Waals surface area contributed by atoms with Crippen molar-refractivity contribution in [1.82, 2.24) is 5.32 Å². The van der Waals surface area contributed by atoms with Gasteiger partial charge in [0.25, 0.3) is 0 Å². The Balaban J connectivity index is 2.65. The topological polar surface area (TPSA) is 12.0 Å². The van der Waals surface area contributed by atoms with Gasteiger partial charge in [-0.15, -0.1) is 11.6 Å². The highest BCUT2D eigenvalue weighted by atomic mass is 35.5. The maximum absolute atomic E-state index is 12.8. The van der Waals surface area contributed by atoms with Gasteiger partial charge in [0.1, 0.15) is 11.6 Å². The Morgan fingerprint density at radius 3 is 2.20 bits per heavy atom. The fourth-order valence-electron chi connectivity index (χ4n) is 1.10. The summed E-state index contributed by atoms with van der Waals surface area (Å²) < 4.78 is 25.7. The van der Waals surface area contributed by atoms with Gasteiger partial charge in [-0.05, 0) is 31.5 Å². The molecule has 0 bridgehead atoms. The van der Waals surface area contributed by atoms with Crippen molar-refractivity contribution in [3.05, 3.63) is 35.4 Å². The Labute approximate surface area is 93.4 Å². The minimum absolute atomic E-state index is 0.246. The van der Waals surface area contributed by atoms with Crippen LogP contribution in [0.5, 0.6) is 0 Å². The smallest absolute Gasteiger partial charge is 0.126 e. The predicted octanol–water partition coefficient (Wildman–Crippen LogP) is 3.07. The molecule has 15 heavy (non-hydrogen) atoms. The van der Waals surface area contributed by atoms with Gasteiger partial charge in [0.05, 0.1) is 0 Å². The van der Waals surface area contributed by atoms with E-state index < -0.39 is 11.6 Å². The molecule has 0 radical (unpaired) electrons. The number of benzene rings is 1. The SMILES string of the molecule is CC(C)(CCl)NCc1cc(F)cc(F)c1. The average molecular weight is 234 g/mol. The summed E-state index contributed by atoms with van der Waals surface area (Å²) in [5.41, 5.74) is 0.329. The second-order valence-electron chi connectivity index (χ2n) is 4.15. The summed E-state index contributed by atoms with van der Waals surface area (Å²) in [6.45, 7) is 4.25. The highest BCUT2D eigenvalue weighted by Crippen LogP contribution is 2.10. The van der Waals surface area contributed by atoms with Gasteiger partial charge in [0.15, 0.2) is 0 Å². The van der Waals surface area contributed by atoms with E-state index in [1.807, 2.05) is 13.8 Å². The summed E-state index contributed by atoms with van der Waals surface area (Å²) in [7, 11) is 0. The van der Waals surface area contributed by atoms with Crippen LogP contribution >= 0.6 is 11.6 Å². The molecule has 1 aromatic rings. The van der Waals surface area contributed by atoms with E-state index in [1.165, 1.54) is 12.1 Å². The van der Waals surface area contributed by atoms with Crippen molar-refractivity contribution in [2.45, 2.75) is 25.9 Å². The van der Waals surface area contributed by atoms with E-state index in [0.717, 1.165) is 6.07 Å². The van der Waals surface area contributed by atoms with Gasteiger partial charge in [0.2, 0.25) is 0 Å². The minimum Gasteiger partial charge on any atom is -0.307 e. The van der Waals surface area contributed by atoms with Crippen molar-refractivity contribution >= 4 is 11.6 Å². The van der Waals surface area contributed by atoms with Gasteiger partial charge < -0.3 is 5.32 Å². The van der Waals surface area contributed by atoms with Crippen LogP contribution in [0, 0.1) is 11.6 Å². The van der Waals surface area contributed by atoms with E-state index in [9.17, 15) is 8.78 Å². The fourth-order valence-corrected chi connectivity index (χ4v) is 1.20. The lowest BCUT2D eigenvalue weighted by atomic mass is 10.1. The molecule has 0 heterocycles. The van der Waals surface area contributed by atoms with E-state index >= 15 is 0 Å². The third-order valence-electron chi connectivity index (χ3n) is 2.03. The molecule has 1 rings (SSSR count). The summed E-state index contributed by atoms with van der Waals surface area (Å²) in [6, 6.07) is 3.47. The zero-order valence-electron chi connectivity index (χ0n) is 8.78. The first-order chi connectivity index (χ1) is 6.93. The third kappa shape index (κ3) is 4.14. The number of nitrogens with one attached hydrogen (secondary N) is 1. The van der Waals surface area contributed by atoms with Crippen LogP contribution in [0.4, 0.5) is 8.78 Å². The quantitative estimate of drug-likeness (QED) is 0.789. The van der Waals surface area contributed by atoms with Crippen LogP contribution in [-0.4, -0.2) is 11.4 Å². The lowest BCUT2D eigenvalue weighted by molar-refractivity contribution is 0.428. The maximum Gasteiger partial charge on any atom is 0.126 e. The molecule has 1 N–H and O–H groups in total. The first-order valence-corrected chi connectivity index (χ1v) is 5.22. The molecule has 0 saturated heterocycles. The van der Waals surface area contributed by atoms with E-state index in [2.05, 4.69) is 5.32 Å². The monoisotopic (exact) mass is 233 g/mol. The number of hydrogen-bond acceptors (Lipinski definition) is 1. The summed E-state index contributed by atoms with van der Waals surface area (Å²) in [6.07, 6.45) is 0. The van der Waals surface area contributed by atoms with Crippen LogP contribution in [0.3, 0.4) is 0 Å². The Kier molecular flexibility index (Phi) is 4.05. The minimum atomic E-state index is -0.560. The molecule has 0 spiro atoms. The Hall–Kier alpha value is -0.670. The van der Waals surface area contributed by atoms with E-state index in [-0.39, 0.29) is 5.54 Å². The van der Waals surface area contributed by atoms with Crippen molar-refractivity contribution < 1.29 is 8.78 Å². The zero-order chi connectivity index (χ0) is 11.5. The number of halogens is 3. The van der Waals surface area contributed by atoms with Crippen LogP contribution in [0.1, 0.15) is 19.4 Å². The second kappa shape index (κ2) is 4.90. The number of alkyl halides is 1. The molecule has 0 fully saturated rings. The molecular weight excluding hydrogens is 220 g/mol. The standard InChI is InChI=1S/C11H14ClF2N/c1-11(2,7-12)15-6-8-3-9(13)5-10(14)4-8/h3-5,15H,6-7H2,1-2H3. The van der Waals surface area contributed by atoms with E-state index in [4.69, 9.17) is 11.6 Å². The number of hydrogen-bond donors (Lipinski definition) is 1. The average Bonchev–Trinajstić information content (AvgIpc) is 2.14. The molecule has 0 unspecified atom stereocenters. The molecule has 84 valence electrons. The first-order valence-electron chi connectivity index (χ1n) is 4.69. The Morgan fingerprint density at radius 2 is 1.73 bits per heavy atom. The van der Waals surface area contributed by atoms with Crippen LogP contribution < -0.4 is 5.32 Å². The molecule has 0 aliphatic heterocycles. The van der Waals surface area contributed by atoms with Gasteiger partial charge in [-0.3, -0.25) is 0 Å². The van der Waals surface area contributed by atoms with Crippen LogP contribution in [0.15, 0.2) is 18.2 Å². The highest BCUT2D eigenvalue weighted by molar-refractivity contribution is 6.18. The van der Waals surface area contributed by atoms with Crippen LogP contribution in [0.2, 0.25) is 0 Å². The van der Waals surface area contributed by atoms with E-state index in [1.54, 1.807) is 0 Å². The molecule has 0 atom stereocenters. The molecule has 0 aliphatic carbocycles. The largest absolute Gasteiger partial charge is 0.307 e.